The highest BCUT2D eigenvalue weighted by molar-refractivity contribution is 6.29. The highest BCUT2D eigenvalue weighted by atomic mass is 16.6. The van der Waals surface area contributed by atoms with Crippen molar-refractivity contribution in [2.75, 3.05) is 5.43 Å². The zero-order chi connectivity index (χ0) is 13.8. The number of nitro groups is 1. The molecule has 1 aromatic rings. The topological polar surface area (TPSA) is 84.6 Å². The number of carbonyl (C=O) groups excluding carboxylic acids is 1. The summed E-state index contributed by atoms with van der Waals surface area (Å²) in [6, 6.07) is 5.78. The fourth-order valence-electron chi connectivity index (χ4n) is 1.02. The second kappa shape index (κ2) is 5.39. The molecule has 1 N–H and O–H groups in total. The summed E-state index contributed by atoms with van der Waals surface area (Å²) >= 11 is 0. The predicted molar refractivity (Wildman–Crippen MR) is 69.7 cm³/mol. The number of carbonyl (C=O) groups is 1. The predicted octanol–water partition coefficient (Wildman–Crippen LogP) is 2.61. The van der Waals surface area contributed by atoms with E-state index in [0.717, 1.165) is 0 Å². The second-order valence-electron chi connectivity index (χ2n) is 4.79. The highest BCUT2D eigenvalue weighted by Crippen LogP contribution is 2.15. The van der Waals surface area contributed by atoms with E-state index in [1.165, 1.54) is 30.5 Å². The first-order chi connectivity index (χ1) is 8.30. The fourth-order valence-corrected chi connectivity index (χ4v) is 1.02. The first kappa shape index (κ1) is 13.8. The minimum Gasteiger partial charge on any atom is -0.292 e. The van der Waals surface area contributed by atoms with Crippen LogP contribution < -0.4 is 5.43 Å². The third-order valence-electron chi connectivity index (χ3n) is 2.19. The minimum absolute atomic E-state index is 0.00953. The van der Waals surface area contributed by atoms with Crippen molar-refractivity contribution in [2.24, 2.45) is 10.5 Å². The number of rotatable bonds is 4. The minimum atomic E-state index is -0.476. The fraction of sp³-hybridized carbons (Fsp3) is 0.333. The van der Waals surface area contributed by atoms with Gasteiger partial charge in [0.1, 0.15) is 0 Å². The van der Waals surface area contributed by atoms with Gasteiger partial charge >= 0.3 is 0 Å². The molecule has 1 rings (SSSR count). The van der Waals surface area contributed by atoms with Crippen molar-refractivity contribution in [1.29, 1.82) is 0 Å². The molecule has 96 valence electrons. The van der Waals surface area contributed by atoms with E-state index >= 15 is 0 Å². The Bertz CT molecular complexity index is 472. The van der Waals surface area contributed by atoms with Gasteiger partial charge in [-0.15, -0.1) is 0 Å². The zero-order valence-corrected chi connectivity index (χ0v) is 10.5. The Morgan fingerprint density at radius 1 is 1.33 bits per heavy atom. The molecule has 18 heavy (non-hydrogen) atoms. The molecule has 0 saturated carbocycles. The third-order valence-corrected chi connectivity index (χ3v) is 2.19. The van der Waals surface area contributed by atoms with Crippen LogP contribution in [0.4, 0.5) is 11.4 Å². The van der Waals surface area contributed by atoms with Crippen molar-refractivity contribution in [3.8, 4) is 0 Å². The van der Waals surface area contributed by atoms with E-state index in [1.807, 2.05) is 0 Å². The summed E-state index contributed by atoms with van der Waals surface area (Å²) in [7, 11) is 0. The molecule has 6 nitrogen and oxygen atoms in total. The van der Waals surface area contributed by atoms with E-state index in [9.17, 15) is 14.9 Å². The van der Waals surface area contributed by atoms with Gasteiger partial charge in [0.05, 0.1) is 16.8 Å². The van der Waals surface area contributed by atoms with Crippen LogP contribution in [-0.2, 0) is 4.79 Å². The van der Waals surface area contributed by atoms with Crippen molar-refractivity contribution in [3.63, 3.8) is 0 Å². The first-order valence-electron chi connectivity index (χ1n) is 5.38. The van der Waals surface area contributed by atoms with Crippen LogP contribution in [0.3, 0.4) is 0 Å². The molecule has 0 saturated heterocycles. The number of hydrazone groups is 1. The number of Topliss-reactive ketones (excluding diaryl/α,β-unsaturated/α-hetero) is 1. The molecule has 0 heterocycles. The normalized spacial score (nSPS) is 11.5. The molecule has 0 unspecified atom stereocenters. The van der Waals surface area contributed by atoms with Crippen LogP contribution in [0.25, 0.3) is 0 Å². The standard InChI is InChI=1S/C12H15N3O3/c1-12(2,3)11(16)8-13-14-9-4-6-10(7-5-9)15(17)18/h4-8,14H,1-3H3. The SMILES string of the molecule is CC(C)(C)C(=O)C=NNc1ccc([N+](=O)[O-])cc1. The van der Waals surface area contributed by atoms with Gasteiger partial charge in [-0.3, -0.25) is 20.3 Å². The molecule has 0 spiro atoms. The quantitative estimate of drug-likeness (QED) is 0.505. The van der Waals surface area contributed by atoms with Crippen molar-refractivity contribution >= 4 is 23.4 Å². The van der Waals surface area contributed by atoms with Gasteiger partial charge in [0.25, 0.3) is 5.69 Å². The van der Waals surface area contributed by atoms with Crippen LogP contribution in [0.15, 0.2) is 29.4 Å². The number of nitrogens with one attached hydrogen (secondary N) is 1. The van der Waals surface area contributed by atoms with Gasteiger partial charge in [-0.2, -0.15) is 5.10 Å². The Morgan fingerprint density at radius 3 is 2.33 bits per heavy atom. The van der Waals surface area contributed by atoms with Crippen LogP contribution >= 0.6 is 0 Å². The van der Waals surface area contributed by atoms with E-state index in [4.69, 9.17) is 0 Å². The van der Waals surface area contributed by atoms with Crippen molar-refractivity contribution in [3.05, 3.63) is 34.4 Å². The zero-order valence-electron chi connectivity index (χ0n) is 10.5. The number of nitro benzene ring substituents is 1. The van der Waals surface area contributed by atoms with E-state index in [0.29, 0.717) is 5.69 Å². The van der Waals surface area contributed by atoms with Crippen LogP contribution in [0.2, 0.25) is 0 Å². The lowest BCUT2D eigenvalue weighted by Crippen LogP contribution is -2.21. The molecule has 0 amide bonds. The van der Waals surface area contributed by atoms with Gasteiger partial charge in [0, 0.05) is 17.5 Å². The molecule has 0 aliphatic rings. The third kappa shape index (κ3) is 3.97. The molecule has 0 aliphatic carbocycles. The maximum absolute atomic E-state index is 11.5. The summed E-state index contributed by atoms with van der Waals surface area (Å²) < 4.78 is 0. The maximum Gasteiger partial charge on any atom is 0.269 e. The average molecular weight is 249 g/mol. The van der Waals surface area contributed by atoms with Gasteiger partial charge in [0.15, 0.2) is 5.78 Å². The Hall–Kier alpha value is -2.24. The first-order valence-corrected chi connectivity index (χ1v) is 5.38. The molecule has 0 bridgehead atoms. The van der Waals surface area contributed by atoms with Gasteiger partial charge in [-0.1, -0.05) is 20.8 Å². The monoisotopic (exact) mass is 249 g/mol. The Labute approximate surface area is 105 Å². The summed E-state index contributed by atoms with van der Waals surface area (Å²) in [5.74, 6) is -0.100. The number of nitrogens with zero attached hydrogens (tertiary/aromatic N) is 2. The summed E-state index contributed by atoms with van der Waals surface area (Å²) in [4.78, 5) is 21.5. The molecule has 0 aliphatic heterocycles. The van der Waals surface area contributed by atoms with E-state index in [-0.39, 0.29) is 11.5 Å². The Morgan fingerprint density at radius 2 is 1.89 bits per heavy atom. The number of hydrogen-bond donors (Lipinski definition) is 1. The molecule has 0 fully saturated rings. The summed E-state index contributed by atoms with van der Waals surface area (Å²) in [6.45, 7) is 5.40. The lowest BCUT2D eigenvalue weighted by molar-refractivity contribution is -0.384. The van der Waals surface area contributed by atoms with Crippen molar-refractivity contribution in [1.82, 2.24) is 0 Å². The molecule has 0 radical (unpaired) electrons. The maximum atomic E-state index is 11.5. The number of ketones is 1. The van der Waals surface area contributed by atoms with Crippen molar-refractivity contribution < 1.29 is 9.72 Å². The van der Waals surface area contributed by atoms with Crippen LogP contribution in [0.5, 0.6) is 0 Å². The van der Waals surface area contributed by atoms with Gasteiger partial charge in [0.2, 0.25) is 0 Å². The highest BCUT2D eigenvalue weighted by Gasteiger charge is 2.18. The number of benzene rings is 1. The number of hydrogen-bond acceptors (Lipinski definition) is 5. The molecule has 6 heteroatoms. The molecule has 0 atom stereocenters. The van der Waals surface area contributed by atoms with Gasteiger partial charge < -0.3 is 0 Å². The lowest BCUT2D eigenvalue weighted by atomic mass is 9.92. The molecule has 1 aromatic carbocycles. The van der Waals surface area contributed by atoms with Gasteiger partial charge in [-0.05, 0) is 12.1 Å². The Balaban J connectivity index is 2.62. The van der Waals surface area contributed by atoms with Crippen molar-refractivity contribution in [2.45, 2.75) is 20.8 Å². The molecular weight excluding hydrogens is 234 g/mol. The largest absolute Gasteiger partial charge is 0.292 e. The smallest absolute Gasteiger partial charge is 0.269 e. The second-order valence-corrected chi connectivity index (χ2v) is 4.79. The van der Waals surface area contributed by atoms with Crippen LogP contribution in [0, 0.1) is 15.5 Å². The van der Waals surface area contributed by atoms with E-state index in [1.54, 1.807) is 20.8 Å². The van der Waals surface area contributed by atoms with E-state index < -0.39 is 10.3 Å². The number of anilines is 1. The Kier molecular flexibility index (Phi) is 4.14. The van der Waals surface area contributed by atoms with Crippen LogP contribution in [-0.4, -0.2) is 16.9 Å². The van der Waals surface area contributed by atoms with Crippen LogP contribution in [0.1, 0.15) is 20.8 Å². The van der Waals surface area contributed by atoms with E-state index in [2.05, 4.69) is 10.5 Å². The summed E-state index contributed by atoms with van der Waals surface area (Å²) in [5.41, 5.74) is 2.76. The average Bonchev–Trinajstić information content (AvgIpc) is 2.28. The molecule has 0 aromatic heterocycles. The molecular formula is C12H15N3O3. The lowest BCUT2D eigenvalue weighted by Gasteiger charge is -2.12. The summed E-state index contributed by atoms with van der Waals surface area (Å²) in [5, 5.41) is 14.2. The number of non-ortho nitro benzene ring substituents is 1. The summed E-state index contributed by atoms with van der Waals surface area (Å²) in [6.07, 6.45) is 1.21. The van der Waals surface area contributed by atoms with Gasteiger partial charge in [-0.25, -0.2) is 0 Å².